The van der Waals surface area contributed by atoms with Gasteiger partial charge in [0.2, 0.25) is 5.88 Å². The monoisotopic (exact) mass is 610 g/mol. The first-order valence-electron chi connectivity index (χ1n) is 14.2. The number of cyclic esters (lactones) is 1. The van der Waals surface area contributed by atoms with Gasteiger partial charge in [0, 0.05) is 24.8 Å². The number of benzene rings is 1. The lowest BCUT2D eigenvalue weighted by molar-refractivity contribution is -0.118. The van der Waals surface area contributed by atoms with Crippen LogP contribution in [0.2, 0.25) is 18.1 Å². The third-order valence-corrected chi connectivity index (χ3v) is 12.6. The normalized spacial score (nSPS) is 17.7. The van der Waals surface area contributed by atoms with Crippen LogP contribution in [0.25, 0.3) is 11.2 Å². The molecule has 0 radical (unpaired) electrons. The molecule has 2 amide bonds. The second kappa shape index (κ2) is 11.9. The summed E-state index contributed by atoms with van der Waals surface area (Å²) < 4.78 is 24.7. The maximum absolute atomic E-state index is 13.0. The molecule has 4 heterocycles. The van der Waals surface area contributed by atoms with E-state index in [9.17, 15) is 14.4 Å². The van der Waals surface area contributed by atoms with Crippen LogP contribution in [0.4, 0.5) is 16.2 Å². The van der Waals surface area contributed by atoms with Crippen molar-refractivity contribution >= 4 is 42.9 Å². The van der Waals surface area contributed by atoms with Crippen LogP contribution in [0.5, 0.6) is 11.6 Å². The molecule has 0 aliphatic carbocycles. The smallest absolute Gasteiger partial charge is 0.414 e. The molecule has 2 atom stereocenters. The third-order valence-electron chi connectivity index (χ3n) is 8.05. The minimum Gasteiger partial charge on any atom is -0.482 e. The summed E-state index contributed by atoms with van der Waals surface area (Å²) in [6.07, 6.45) is 0.0182. The Kier molecular flexibility index (Phi) is 8.45. The van der Waals surface area contributed by atoms with Gasteiger partial charge in [-0.15, -0.1) is 0 Å². The van der Waals surface area contributed by atoms with Crippen molar-refractivity contribution in [1.82, 2.24) is 19.9 Å². The number of hydrogen-bond donors (Lipinski definition) is 2. The van der Waals surface area contributed by atoms with E-state index in [1.54, 1.807) is 34.9 Å². The number of pyridine rings is 1. The number of ether oxygens (including phenoxy) is 3. The zero-order valence-electron chi connectivity index (χ0n) is 25.3. The molecule has 230 valence electrons. The summed E-state index contributed by atoms with van der Waals surface area (Å²) in [5.74, 6) is 0.689. The Hall–Kier alpha value is -4.01. The first-order valence-corrected chi connectivity index (χ1v) is 17.1. The van der Waals surface area contributed by atoms with Crippen molar-refractivity contribution in [3.63, 3.8) is 0 Å². The number of aromatic nitrogens is 3. The molecular weight excluding hydrogens is 572 g/mol. The number of rotatable bonds is 10. The van der Waals surface area contributed by atoms with Crippen molar-refractivity contribution in [1.29, 1.82) is 0 Å². The molecule has 3 aromatic rings. The van der Waals surface area contributed by atoms with Crippen LogP contribution in [0.15, 0.2) is 41.3 Å². The Morgan fingerprint density at radius 3 is 2.72 bits per heavy atom. The van der Waals surface area contributed by atoms with Crippen LogP contribution in [0.1, 0.15) is 20.8 Å². The molecule has 2 aliphatic rings. The Bertz CT molecular complexity index is 1590. The van der Waals surface area contributed by atoms with Gasteiger partial charge in [0.15, 0.2) is 20.6 Å². The second-order valence-electron chi connectivity index (χ2n) is 12.2. The van der Waals surface area contributed by atoms with Crippen LogP contribution in [-0.2, 0) is 20.5 Å². The molecule has 2 aromatic heterocycles. The predicted molar refractivity (Wildman–Crippen MR) is 163 cm³/mol. The molecule has 13 nitrogen and oxygen atoms in total. The van der Waals surface area contributed by atoms with Crippen molar-refractivity contribution in [2.45, 2.75) is 57.7 Å². The molecule has 2 unspecified atom stereocenters. The number of anilines is 2. The highest BCUT2D eigenvalue weighted by molar-refractivity contribution is 6.74. The van der Waals surface area contributed by atoms with Crippen molar-refractivity contribution < 1.29 is 28.2 Å². The molecule has 1 fully saturated rings. The van der Waals surface area contributed by atoms with E-state index < -0.39 is 20.5 Å². The van der Waals surface area contributed by atoms with E-state index in [-0.39, 0.29) is 35.8 Å². The topological polar surface area (TPSA) is 146 Å². The summed E-state index contributed by atoms with van der Waals surface area (Å²) in [6.45, 7) is 12.1. The zero-order valence-corrected chi connectivity index (χ0v) is 26.3. The molecule has 5 rings (SSSR count). The zero-order chi connectivity index (χ0) is 30.9. The number of carbonyl (C=O) groups is 2. The van der Waals surface area contributed by atoms with Gasteiger partial charge >= 0.3 is 6.09 Å². The van der Waals surface area contributed by atoms with Crippen molar-refractivity contribution in [2.75, 3.05) is 43.6 Å². The van der Waals surface area contributed by atoms with Crippen molar-refractivity contribution in [3.05, 3.63) is 46.9 Å². The lowest BCUT2D eigenvalue weighted by atomic mass is 10.2. The van der Waals surface area contributed by atoms with E-state index in [0.717, 1.165) is 0 Å². The van der Waals surface area contributed by atoms with E-state index in [2.05, 4.69) is 54.5 Å². The fourth-order valence-corrected chi connectivity index (χ4v) is 6.08. The van der Waals surface area contributed by atoms with E-state index >= 15 is 0 Å². The van der Waals surface area contributed by atoms with Crippen LogP contribution in [0.3, 0.4) is 0 Å². The van der Waals surface area contributed by atoms with Crippen molar-refractivity contribution in [3.8, 4) is 11.6 Å². The lowest BCUT2D eigenvalue weighted by Crippen LogP contribution is -2.49. The lowest BCUT2D eigenvalue weighted by Gasteiger charge is -2.39. The molecule has 1 saturated heterocycles. The van der Waals surface area contributed by atoms with Gasteiger partial charge in [0.05, 0.1) is 38.2 Å². The molecule has 2 aliphatic heterocycles. The molecule has 1 aromatic carbocycles. The van der Waals surface area contributed by atoms with E-state index in [1.165, 1.54) is 18.2 Å². The first-order chi connectivity index (χ1) is 20.3. The molecule has 0 spiro atoms. The highest BCUT2D eigenvalue weighted by Crippen LogP contribution is 2.37. The first kappa shape index (κ1) is 30.4. The van der Waals surface area contributed by atoms with Gasteiger partial charge in [0.25, 0.3) is 11.5 Å². The fraction of sp³-hybridized carbons (Fsp3) is 0.483. The summed E-state index contributed by atoms with van der Waals surface area (Å²) in [4.78, 5) is 47.7. The van der Waals surface area contributed by atoms with Gasteiger partial charge in [0.1, 0.15) is 17.4 Å². The molecule has 2 N–H and O–H groups in total. The quantitative estimate of drug-likeness (QED) is 0.328. The largest absolute Gasteiger partial charge is 0.482 e. The maximum atomic E-state index is 13.0. The van der Waals surface area contributed by atoms with Crippen LogP contribution in [-0.4, -0.2) is 80.4 Å². The van der Waals surface area contributed by atoms with Gasteiger partial charge in [-0.1, -0.05) is 20.8 Å². The van der Waals surface area contributed by atoms with Gasteiger partial charge < -0.3 is 29.3 Å². The number of carbonyl (C=O) groups excluding carboxylic acids is 2. The van der Waals surface area contributed by atoms with E-state index in [4.69, 9.17) is 18.6 Å². The minimum absolute atomic E-state index is 0.0390. The van der Waals surface area contributed by atoms with Gasteiger partial charge in [-0.25, -0.2) is 9.78 Å². The predicted octanol–water partition coefficient (Wildman–Crippen LogP) is 3.14. The number of nitrogens with one attached hydrogen (secondary N) is 2. The number of nitrogens with zero attached hydrogens (tertiary/aromatic N) is 4. The van der Waals surface area contributed by atoms with Crippen LogP contribution in [0, 0.1) is 0 Å². The molecule has 0 saturated carbocycles. The average Bonchev–Trinajstić information content (AvgIpc) is 3.33. The summed E-state index contributed by atoms with van der Waals surface area (Å²) in [5, 5.41) is 6.11. The second-order valence-corrected chi connectivity index (χ2v) is 17.0. The van der Waals surface area contributed by atoms with E-state index in [1.807, 2.05) is 0 Å². The third kappa shape index (κ3) is 6.65. The van der Waals surface area contributed by atoms with Crippen LogP contribution < -0.4 is 30.6 Å². The summed E-state index contributed by atoms with van der Waals surface area (Å²) in [7, 11) is -0.716. The van der Waals surface area contributed by atoms with Gasteiger partial charge in [-0.3, -0.25) is 19.1 Å². The number of amides is 2. The summed E-state index contributed by atoms with van der Waals surface area (Å²) in [5.41, 5.74) is 1.82. The fourth-order valence-electron chi connectivity index (χ4n) is 4.74. The van der Waals surface area contributed by atoms with Crippen molar-refractivity contribution in [2.24, 2.45) is 0 Å². The Morgan fingerprint density at radius 1 is 1.19 bits per heavy atom. The standard InChI is InChI=1S/C29H38N6O7Si/c1-29(2,3)43(5,6)42-20(16-35-26(37)14-31-21-8-10-25(39-4)33-27(21)35)13-30-12-19-15-34(28(38)41-19)18-7-9-23-22(11-18)32-24(36)17-40-23/h7-11,14,19-20,30H,12-13,15-17H2,1-6H3,(H,32,36). The molecule has 43 heavy (non-hydrogen) atoms. The number of methoxy groups -OCH3 is 1. The Morgan fingerprint density at radius 2 is 1.98 bits per heavy atom. The Balaban J connectivity index is 1.29. The molecule has 0 bridgehead atoms. The summed E-state index contributed by atoms with van der Waals surface area (Å²) >= 11 is 0. The van der Waals surface area contributed by atoms with E-state index in [0.29, 0.717) is 53.8 Å². The Labute approximate surface area is 250 Å². The highest BCUT2D eigenvalue weighted by Gasteiger charge is 2.39. The maximum Gasteiger partial charge on any atom is 0.414 e. The highest BCUT2D eigenvalue weighted by atomic mass is 28.4. The summed E-state index contributed by atoms with van der Waals surface area (Å²) in [6, 6.07) is 8.65. The van der Waals surface area contributed by atoms with Gasteiger partial charge in [-0.2, -0.15) is 4.98 Å². The number of hydrogen-bond acceptors (Lipinski definition) is 10. The van der Waals surface area contributed by atoms with Crippen LogP contribution >= 0.6 is 0 Å². The minimum atomic E-state index is -2.24. The number of fused-ring (bicyclic) bond motifs is 2. The average molecular weight is 611 g/mol. The molecule has 14 heteroatoms. The SMILES string of the molecule is COc1ccc2ncc(=O)n(CC(CNCC3CN(c4ccc5c(c4)NC(=O)CO5)C(=O)O3)O[Si](C)(C)C(C)(C)C)c2n1. The molecular formula is C29H38N6O7Si. The van der Waals surface area contributed by atoms with Gasteiger partial charge in [-0.05, 0) is 42.4 Å².